The van der Waals surface area contributed by atoms with Gasteiger partial charge in [0.15, 0.2) is 0 Å². The number of carbonyl (C=O) groups excluding carboxylic acids is 1. The summed E-state index contributed by atoms with van der Waals surface area (Å²) in [5, 5.41) is 0. The monoisotopic (exact) mass is 258 g/mol. The van der Waals surface area contributed by atoms with Gasteiger partial charge in [0.2, 0.25) is 0 Å². The van der Waals surface area contributed by atoms with Crippen molar-refractivity contribution in [1.82, 2.24) is 0 Å². The number of hydrogen-bond acceptors (Lipinski definition) is 3. The Morgan fingerprint density at radius 3 is 2.42 bits per heavy atom. The summed E-state index contributed by atoms with van der Waals surface area (Å²) < 4.78 is 9.58. The van der Waals surface area contributed by atoms with E-state index in [1.165, 1.54) is 20.5 Å². The molecule has 3 heteroatoms. The van der Waals surface area contributed by atoms with Gasteiger partial charge in [-0.2, -0.15) is 0 Å². The average Bonchev–Trinajstić information content (AvgIpc) is 2.45. The lowest BCUT2D eigenvalue weighted by Gasteiger charge is -2.04. The molecule has 100 valence electrons. The predicted molar refractivity (Wildman–Crippen MR) is 76.3 cm³/mol. The van der Waals surface area contributed by atoms with Crippen LogP contribution < -0.4 is 0 Å². The highest BCUT2D eigenvalue weighted by molar-refractivity contribution is 5.92. The van der Waals surface area contributed by atoms with E-state index >= 15 is 0 Å². The average molecular weight is 258 g/mol. The van der Waals surface area contributed by atoms with Gasteiger partial charge in [0, 0.05) is 0 Å². The Balaban J connectivity index is 2.83. The van der Waals surface area contributed by atoms with Gasteiger partial charge in [-0.1, -0.05) is 48.6 Å². The van der Waals surface area contributed by atoms with E-state index in [9.17, 15) is 4.79 Å². The van der Waals surface area contributed by atoms with Gasteiger partial charge in [-0.3, -0.25) is 0 Å². The Morgan fingerprint density at radius 2 is 1.84 bits per heavy atom. The number of rotatable bonds is 5. The van der Waals surface area contributed by atoms with Crippen LogP contribution in [0.4, 0.5) is 0 Å². The third-order valence-corrected chi connectivity index (χ3v) is 2.50. The number of hydrogen-bond donors (Lipinski definition) is 0. The van der Waals surface area contributed by atoms with Crippen molar-refractivity contribution >= 4 is 12.0 Å². The third kappa shape index (κ3) is 4.84. The van der Waals surface area contributed by atoms with Crippen molar-refractivity contribution in [1.29, 1.82) is 0 Å². The van der Waals surface area contributed by atoms with Crippen LogP contribution in [0.15, 0.2) is 59.9 Å². The number of ether oxygens (including phenoxy) is 2. The van der Waals surface area contributed by atoms with Crippen LogP contribution in [0, 0.1) is 0 Å². The molecule has 0 amide bonds. The maximum Gasteiger partial charge on any atom is 0.341 e. The maximum absolute atomic E-state index is 11.5. The molecule has 0 bridgehead atoms. The molecule has 1 aromatic carbocycles. The summed E-state index contributed by atoms with van der Waals surface area (Å²) in [7, 11) is 2.84. The first-order valence-electron chi connectivity index (χ1n) is 5.90. The van der Waals surface area contributed by atoms with Crippen LogP contribution in [-0.4, -0.2) is 20.2 Å². The van der Waals surface area contributed by atoms with Crippen molar-refractivity contribution < 1.29 is 14.3 Å². The van der Waals surface area contributed by atoms with Crippen molar-refractivity contribution in [2.24, 2.45) is 0 Å². The maximum atomic E-state index is 11.5. The van der Waals surface area contributed by atoms with Crippen molar-refractivity contribution in [3.8, 4) is 0 Å². The number of benzene rings is 1. The zero-order valence-corrected chi connectivity index (χ0v) is 11.4. The van der Waals surface area contributed by atoms with Gasteiger partial charge in [-0.15, -0.1) is 0 Å². The lowest BCUT2D eigenvalue weighted by atomic mass is 10.1. The van der Waals surface area contributed by atoms with E-state index in [4.69, 9.17) is 9.47 Å². The molecule has 0 aliphatic rings. The SMILES string of the molecule is CO/C=C(C(=O)OC)/C(C)=C/C=C\c1ccccc1. The summed E-state index contributed by atoms with van der Waals surface area (Å²) in [5.74, 6) is -0.413. The fourth-order valence-corrected chi connectivity index (χ4v) is 1.49. The Morgan fingerprint density at radius 1 is 1.16 bits per heavy atom. The van der Waals surface area contributed by atoms with Crippen LogP contribution in [0.25, 0.3) is 6.08 Å². The molecule has 0 radical (unpaired) electrons. The van der Waals surface area contributed by atoms with E-state index < -0.39 is 5.97 Å². The summed E-state index contributed by atoms with van der Waals surface area (Å²) in [4.78, 5) is 11.5. The highest BCUT2D eigenvalue weighted by Gasteiger charge is 2.11. The fourth-order valence-electron chi connectivity index (χ4n) is 1.49. The highest BCUT2D eigenvalue weighted by atomic mass is 16.5. The molecule has 0 aliphatic carbocycles. The van der Waals surface area contributed by atoms with Gasteiger partial charge < -0.3 is 9.47 Å². The standard InChI is InChI=1S/C16H18O3/c1-13(15(12-18-2)16(17)19-3)8-7-11-14-9-5-4-6-10-14/h4-12H,1-3H3/b11-7-,13-8+,15-12-. The minimum Gasteiger partial charge on any atom is -0.503 e. The van der Waals surface area contributed by atoms with Gasteiger partial charge in [0.05, 0.1) is 26.1 Å². The summed E-state index contributed by atoms with van der Waals surface area (Å²) >= 11 is 0. The Labute approximate surface area is 113 Å². The van der Waals surface area contributed by atoms with Crippen molar-refractivity contribution in [3.05, 3.63) is 65.5 Å². The van der Waals surface area contributed by atoms with Gasteiger partial charge in [-0.25, -0.2) is 4.79 Å². The van der Waals surface area contributed by atoms with E-state index in [0.717, 1.165) is 11.1 Å². The molecule has 19 heavy (non-hydrogen) atoms. The molecule has 0 saturated heterocycles. The Bertz CT molecular complexity index is 496. The van der Waals surface area contributed by atoms with Gasteiger partial charge >= 0.3 is 5.97 Å². The van der Waals surface area contributed by atoms with E-state index in [-0.39, 0.29) is 0 Å². The summed E-state index contributed by atoms with van der Waals surface area (Å²) in [6.07, 6.45) is 7.07. The van der Waals surface area contributed by atoms with Gasteiger partial charge in [0.1, 0.15) is 0 Å². The van der Waals surface area contributed by atoms with Crippen LogP contribution in [0.5, 0.6) is 0 Å². The number of methoxy groups -OCH3 is 2. The molecule has 0 N–H and O–H groups in total. The molecule has 0 spiro atoms. The fraction of sp³-hybridized carbons (Fsp3) is 0.188. The Kier molecular flexibility index (Phi) is 6.16. The van der Waals surface area contributed by atoms with E-state index in [1.54, 1.807) is 0 Å². The Hall–Kier alpha value is -2.29. The summed E-state index contributed by atoms with van der Waals surface area (Å²) in [6, 6.07) is 9.93. The largest absolute Gasteiger partial charge is 0.503 e. The second-order valence-corrected chi connectivity index (χ2v) is 3.88. The van der Waals surface area contributed by atoms with Crippen molar-refractivity contribution in [2.45, 2.75) is 6.92 Å². The molecular formula is C16H18O3. The zero-order chi connectivity index (χ0) is 14.1. The minimum atomic E-state index is -0.413. The molecule has 0 unspecified atom stereocenters. The molecule has 0 aliphatic heterocycles. The first kappa shape index (κ1) is 14.8. The molecule has 0 saturated carbocycles. The molecular weight excluding hydrogens is 240 g/mol. The lowest BCUT2D eigenvalue weighted by Crippen LogP contribution is -2.06. The van der Waals surface area contributed by atoms with Gasteiger partial charge in [-0.05, 0) is 18.1 Å². The van der Waals surface area contributed by atoms with E-state index in [0.29, 0.717) is 5.57 Å². The smallest absolute Gasteiger partial charge is 0.341 e. The topological polar surface area (TPSA) is 35.5 Å². The molecule has 1 aromatic rings. The normalized spacial score (nSPS) is 12.6. The molecule has 0 aromatic heterocycles. The van der Waals surface area contributed by atoms with Crippen molar-refractivity contribution in [3.63, 3.8) is 0 Å². The molecule has 0 atom stereocenters. The predicted octanol–water partition coefficient (Wildman–Crippen LogP) is 3.35. The quantitative estimate of drug-likeness (QED) is 0.351. The second-order valence-electron chi connectivity index (χ2n) is 3.88. The number of allylic oxidation sites excluding steroid dienone is 2. The molecule has 0 heterocycles. The zero-order valence-electron chi connectivity index (χ0n) is 11.4. The lowest BCUT2D eigenvalue weighted by molar-refractivity contribution is -0.135. The number of carbonyl (C=O) groups is 1. The molecule has 0 fully saturated rings. The van der Waals surface area contributed by atoms with Crippen molar-refractivity contribution in [2.75, 3.05) is 14.2 Å². The summed E-state index contributed by atoms with van der Waals surface area (Å²) in [6.45, 7) is 1.83. The second kappa shape index (κ2) is 7.93. The first-order valence-corrected chi connectivity index (χ1v) is 5.90. The summed E-state index contributed by atoms with van der Waals surface area (Å²) in [5.41, 5.74) is 2.28. The molecule has 3 nitrogen and oxygen atoms in total. The van der Waals surface area contributed by atoms with E-state index in [1.807, 2.05) is 55.5 Å². The first-order chi connectivity index (χ1) is 9.19. The van der Waals surface area contributed by atoms with Crippen LogP contribution in [0.2, 0.25) is 0 Å². The number of esters is 1. The minimum absolute atomic E-state index is 0.405. The van der Waals surface area contributed by atoms with Crippen LogP contribution >= 0.6 is 0 Å². The highest BCUT2D eigenvalue weighted by Crippen LogP contribution is 2.12. The van der Waals surface area contributed by atoms with E-state index in [2.05, 4.69) is 0 Å². The van der Waals surface area contributed by atoms with Crippen LogP contribution in [-0.2, 0) is 14.3 Å². The van der Waals surface area contributed by atoms with Crippen LogP contribution in [0.1, 0.15) is 12.5 Å². The van der Waals surface area contributed by atoms with Crippen LogP contribution in [0.3, 0.4) is 0 Å². The molecule has 1 rings (SSSR count). The van der Waals surface area contributed by atoms with Gasteiger partial charge in [0.25, 0.3) is 0 Å². The third-order valence-electron chi connectivity index (χ3n) is 2.50.